The van der Waals surface area contributed by atoms with Crippen LogP contribution in [-0.2, 0) is 6.54 Å². The maximum atomic E-state index is 6.20. The molecule has 2 nitrogen and oxygen atoms in total. The lowest BCUT2D eigenvalue weighted by Crippen LogP contribution is -2.34. The summed E-state index contributed by atoms with van der Waals surface area (Å²) in [6.07, 6.45) is 3.88. The smallest absolute Gasteiger partial charge is 0.121 e. The maximum Gasteiger partial charge on any atom is 0.121 e. The third kappa shape index (κ3) is 4.22. The first-order valence-electron chi connectivity index (χ1n) is 7.04. The lowest BCUT2D eigenvalue weighted by Gasteiger charge is -2.38. The van der Waals surface area contributed by atoms with Crippen LogP contribution in [0.15, 0.2) is 22.7 Å². The van der Waals surface area contributed by atoms with Crippen molar-refractivity contribution in [3.05, 3.63) is 28.2 Å². The molecule has 2 rings (SSSR count). The van der Waals surface area contributed by atoms with Gasteiger partial charge < -0.3 is 10.5 Å². The van der Waals surface area contributed by atoms with Crippen molar-refractivity contribution in [2.24, 2.45) is 17.1 Å². The van der Waals surface area contributed by atoms with Crippen LogP contribution >= 0.6 is 15.9 Å². The van der Waals surface area contributed by atoms with Crippen LogP contribution in [0.5, 0.6) is 5.75 Å². The number of hydrogen-bond donors (Lipinski definition) is 1. The first-order valence-corrected chi connectivity index (χ1v) is 7.83. The molecule has 19 heavy (non-hydrogen) atoms. The highest BCUT2D eigenvalue weighted by Gasteiger charge is 2.33. The molecule has 0 saturated heterocycles. The normalized spacial score (nSPS) is 26.2. The van der Waals surface area contributed by atoms with E-state index >= 15 is 0 Å². The van der Waals surface area contributed by atoms with Crippen LogP contribution in [0.4, 0.5) is 0 Å². The lowest BCUT2D eigenvalue weighted by atomic mass is 9.71. The SMILES string of the molecule is CC1CC(Oc2cc(Br)cc(CN)c2)CC(C)(C)C1. The number of hydrogen-bond acceptors (Lipinski definition) is 2. The second kappa shape index (κ2) is 5.84. The van der Waals surface area contributed by atoms with Crippen molar-refractivity contribution in [3.63, 3.8) is 0 Å². The first-order chi connectivity index (χ1) is 8.88. The molecule has 0 radical (unpaired) electrons. The molecule has 0 spiro atoms. The van der Waals surface area contributed by atoms with Crippen LogP contribution in [0.2, 0.25) is 0 Å². The molecule has 0 aromatic heterocycles. The fourth-order valence-electron chi connectivity index (χ4n) is 3.35. The average molecular weight is 326 g/mol. The van der Waals surface area contributed by atoms with Gasteiger partial charge in [0.15, 0.2) is 0 Å². The Kier molecular flexibility index (Phi) is 4.57. The van der Waals surface area contributed by atoms with Gasteiger partial charge in [-0.2, -0.15) is 0 Å². The highest BCUT2D eigenvalue weighted by atomic mass is 79.9. The zero-order valence-corrected chi connectivity index (χ0v) is 13.7. The summed E-state index contributed by atoms with van der Waals surface area (Å²) in [7, 11) is 0. The fourth-order valence-corrected chi connectivity index (χ4v) is 3.87. The van der Waals surface area contributed by atoms with Gasteiger partial charge in [-0.3, -0.25) is 0 Å². The molecule has 1 aromatic rings. The van der Waals surface area contributed by atoms with E-state index in [1.807, 2.05) is 12.1 Å². The highest BCUT2D eigenvalue weighted by Crippen LogP contribution is 2.40. The van der Waals surface area contributed by atoms with Gasteiger partial charge in [-0.25, -0.2) is 0 Å². The summed E-state index contributed by atoms with van der Waals surface area (Å²) in [4.78, 5) is 0. The summed E-state index contributed by atoms with van der Waals surface area (Å²) in [6, 6.07) is 6.13. The molecule has 1 aliphatic carbocycles. The van der Waals surface area contributed by atoms with Crippen LogP contribution in [0.1, 0.15) is 45.6 Å². The average Bonchev–Trinajstić information content (AvgIpc) is 2.24. The predicted molar refractivity (Wildman–Crippen MR) is 83.2 cm³/mol. The molecule has 0 amide bonds. The minimum atomic E-state index is 0.318. The van der Waals surface area contributed by atoms with Crippen molar-refractivity contribution >= 4 is 15.9 Å². The number of rotatable bonds is 3. The molecular formula is C16H24BrNO. The van der Waals surface area contributed by atoms with Gasteiger partial charge in [0.1, 0.15) is 5.75 Å². The molecule has 0 bridgehead atoms. The molecule has 0 aliphatic heterocycles. The fraction of sp³-hybridized carbons (Fsp3) is 0.625. The second-order valence-electron chi connectivity index (χ2n) is 6.65. The molecular weight excluding hydrogens is 302 g/mol. The van der Waals surface area contributed by atoms with E-state index in [0.29, 0.717) is 18.1 Å². The van der Waals surface area contributed by atoms with Crippen molar-refractivity contribution in [1.82, 2.24) is 0 Å². The van der Waals surface area contributed by atoms with Crippen molar-refractivity contribution in [2.45, 2.75) is 52.7 Å². The van der Waals surface area contributed by atoms with Crippen molar-refractivity contribution in [3.8, 4) is 5.75 Å². The number of ether oxygens (including phenoxy) is 1. The zero-order valence-electron chi connectivity index (χ0n) is 12.1. The maximum absolute atomic E-state index is 6.20. The topological polar surface area (TPSA) is 35.2 Å². The molecule has 2 atom stereocenters. The first kappa shape index (κ1) is 14.9. The van der Waals surface area contributed by atoms with E-state index in [2.05, 4.69) is 42.8 Å². The van der Waals surface area contributed by atoms with Gasteiger partial charge in [-0.1, -0.05) is 36.7 Å². The largest absolute Gasteiger partial charge is 0.490 e. The summed E-state index contributed by atoms with van der Waals surface area (Å²) in [5.74, 6) is 1.67. The molecule has 1 saturated carbocycles. The van der Waals surface area contributed by atoms with Gasteiger partial charge in [-0.05, 0) is 54.4 Å². The van der Waals surface area contributed by atoms with Crippen molar-refractivity contribution < 1.29 is 4.74 Å². The molecule has 0 heterocycles. The molecule has 1 aromatic carbocycles. The van der Waals surface area contributed by atoms with Crippen molar-refractivity contribution in [2.75, 3.05) is 0 Å². The summed E-state index contributed by atoms with van der Waals surface area (Å²) in [5.41, 5.74) is 7.19. The van der Waals surface area contributed by atoms with E-state index in [-0.39, 0.29) is 0 Å². The minimum Gasteiger partial charge on any atom is -0.490 e. The van der Waals surface area contributed by atoms with Gasteiger partial charge >= 0.3 is 0 Å². The van der Waals surface area contributed by atoms with Gasteiger partial charge in [0.05, 0.1) is 6.10 Å². The summed E-state index contributed by atoms with van der Waals surface area (Å²) in [6.45, 7) is 7.54. The third-order valence-electron chi connectivity index (χ3n) is 3.82. The zero-order chi connectivity index (χ0) is 14.0. The monoisotopic (exact) mass is 325 g/mol. The van der Waals surface area contributed by atoms with E-state index < -0.39 is 0 Å². The Hall–Kier alpha value is -0.540. The summed E-state index contributed by atoms with van der Waals surface area (Å²) in [5, 5.41) is 0. The van der Waals surface area contributed by atoms with E-state index in [9.17, 15) is 0 Å². The quantitative estimate of drug-likeness (QED) is 0.887. The molecule has 2 unspecified atom stereocenters. The Morgan fingerprint density at radius 1 is 1.32 bits per heavy atom. The van der Waals surface area contributed by atoms with Gasteiger partial charge in [-0.15, -0.1) is 0 Å². The Labute approximate surface area is 124 Å². The highest BCUT2D eigenvalue weighted by molar-refractivity contribution is 9.10. The van der Waals surface area contributed by atoms with Gasteiger partial charge in [0.25, 0.3) is 0 Å². The Morgan fingerprint density at radius 3 is 2.68 bits per heavy atom. The van der Waals surface area contributed by atoms with Crippen LogP contribution in [0, 0.1) is 11.3 Å². The molecule has 2 N–H and O–H groups in total. The standard InChI is InChI=1S/C16H24BrNO/c1-11-4-15(9-16(2,3)8-11)19-14-6-12(10-18)5-13(17)7-14/h5-7,11,15H,4,8-10,18H2,1-3H3. The van der Waals surface area contributed by atoms with Crippen molar-refractivity contribution in [1.29, 1.82) is 0 Å². The lowest BCUT2D eigenvalue weighted by molar-refractivity contribution is 0.0562. The number of halogens is 1. The van der Waals surface area contributed by atoms with E-state index in [4.69, 9.17) is 10.5 Å². The van der Waals surface area contributed by atoms with Gasteiger partial charge in [0.2, 0.25) is 0 Å². The van der Waals surface area contributed by atoms with Crippen LogP contribution in [0.3, 0.4) is 0 Å². The predicted octanol–water partition coefficient (Wildman–Crippen LogP) is 4.50. The Balaban J connectivity index is 2.10. The Morgan fingerprint density at radius 2 is 2.05 bits per heavy atom. The number of nitrogens with two attached hydrogens (primary N) is 1. The summed E-state index contributed by atoms with van der Waals surface area (Å²) >= 11 is 3.52. The third-order valence-corrected chi connectivity index (χ3v) is 4.27. The van der Waals surface area contributed by atoms with Gasteiger partial charge in [0, 0.05) is 11.0 Å². The minimum absolute atomic E-state index is 0.318. The van der Waals surface area contributed by atoms with E-state index in [0.717, 1.165) is 34.5 Å². The summed E-state index contributed by atoms with van der Waals surface area (Å²) < 4.78 is 7.23. The Bertz CT molecular complexity index is 444. The second-order valence-corrected chi connectivity index (χ2v) is 7.57. The molecule has 1 aliphatic rings. The van der Waals surface area contributed by atoms with Crippen LogP contribution in [0.25, 0.3) is 0 Å². The van der Waals surface area contributed by atoms with Crippen LogP contribution in [-0.4, -0.2) is 6.10 Å². The molecule has 1 fully saturated rings. The van der Waals surface area contributed by atoms with E-state index in [1.54, 1.807) is 0 Å². The number of benzene rings is 1. The molecule has 106 valence electrons. The molecule has 3 heteroatoms. The van der Waals surface area contributed by atoms with E-state index in [1.165, 1.54) is 6.42 Å². The van der Waals surface area contributed by atoms with Crippen LogP contribution < -0.4 is 10.5 Å².